The van der Waals surface area contributed by atoms with E-state index in [9.17, 15) is 4.57 Å². The molecule has 0 atom stereocenters. The van der Waals surface area contributed by atoms with E-state index in [1.807, 2.05) is 0 Å². The second-order valence-corrected chi connectivity index (χ2v) is 9.20. The van der Waals surface area contributed by atoms with Gasteiger partial charge in [-0.3, -0.25) is 4.90 Å². The van der Waals surface area contributed by atoms with Gasteiger partial charge in [-0.2, -0.15) is 0 Å². The van der Waals surface area contributed by atoms with Crippen molar-refractivity contribution < 1.29 is 9.30 Å². The fraction of sp³-hybridized carbons (Fsp3) is 1.00. The molecule has 0 bridgehead atoms. The standard InChI is InChI=1S/C12H24NO2P/c1-11(2)16(14)9-5-13(6-10-16)12-3-7-15-8-4-12/h11-12H,3-10H2,1-2H3. The van der Waals surface area contributed by atoms with E-state index in [1.54, 1.807) is 0 Å². The maximum absolute atomic E-state index is 12.5. The zero-order chi connectivity index (χ0) is 11.6. The van der Waals surface area contributed by atoms with Gasteiger partial charge in [-0.15, -0.1) is 0 Å². The first-order chi connectivity index (χ1) is 7.62. The summed E-state index contributed by atoms with van der Waals surface area (Å²) in [5.41, 5.74) is 0.379. The van der Waals surface area contributed by atoms with Crippen LogP contribution in [0.2, 0.25) is 0 Å². The fourth-order valence-corrected chi connectivity index (χ4v) is 5.20. The highest BCUT2D eigenvalue weighted by Crippen LogP contribution is 2.52. The Morgan fingerprint density at radius 3 is 2.25 bits per heavy atom. The van der Waals surface area contributed by atoms with Gasteiger partial charge in [0.15, 0.2) is 0 Å². The second-order valence-electron chi connectivity index (χ2n) is 5.37. The summed E-state index contributed by atoms with van der Waals surface area (Å²) < 4.78 is 17.9. The molecule has 2 fully saturated rings. The molecule has 0 aromatic carbocycles. The SMILES string of the molecule is CC(C)P1(=O)CCN(C2CCOCC2)CC1. The maximum Gasteiger partial charge on any atom is 0.0926 e. The van der Waals surface area contributed by atoms with E-state index in [1.165, 1.54) is 0 Å². The van der Waals surface area contributed by atoms with Crippen LogP contribution in [0.4, 0.5) is 0 Å². The smallest absolute Gasteiger partial charge is 0.0926 e. The predicted octanol–water partition coefficient (Wildman–Crippen LogP) is 2.25. The van der Waals surface area contributed by atoms with Gasteiger partial charge in [-0.1, -0.05) is 13.8 Å². The maximum atomic E-state index is 12.5. The summed E-state index contributed by atoms with van der Waals surface area (Å²) in [7, 11) is -1.85. The van der Waals surface area contributed by atoms with Gasteiger partial charge < -0.3 is 9.30 Å². The highest BCUT2D eigenvalue weighted by atomic mass is 31.2. The highest BCUT2D eigenvalue weighted by molar-refractivity contribution is 7.64. The lowest BCUT2D eigenvalue weighted by Gasteiger charge is -2.40. The highest BCUT2D eigenvalue weighted by Gasteiger charge is 2.34. The van der Waals surface area contributed by atoms with Crippen molar-refractivity contribution in [1.82, 2.24) is 4.90 Å². The molecule has 4 heteroatoms. The lowest BCUT2D eigenvalue weighted by molar-refractivity contribution is 0.0369. The molecule has 0 spiro atoms. The first kappa shape index (κ1) is 12.6. The van der Waals surface area contributed by atoms with E-state index in [0.29, 0.717) is 11.7 Å². The first-order valence-electron chi connectivity index (χ1n) is 6.51. The minimum absolute atomic E-state index is 0.379. The van der Waals surface area contributed by atoms with Crippen LogP contribution < -0.4 is 0 Å². The number of rotatable bonds is 2. The largest absolute Gasteiger partial charge is 0.381 e. The molecule has 0 unspecified atom stereocenters. The van der Waals surface area contributed by atoms with Gasteiger partial charge in [-0.05, 0) is 12.8 Å². The van der Waals surface area contributed by atoms with Crippen LogP contribution in [0.1, 0.15) is 26.7 Å². The van der Waals surface area contributed by atoms with Gasteiger partial charge >= 0.3 is 0 Å². The lowest BCUT2D eigenvalue weighted by atomic mass is 10.1. The molecule has 16 heavy (non-hydrogen) atoms. The van der Waals surface area contributed by atoms with Crippen molar-refractivity contribution >= 4 is 7.14 Å². The summed E-state index contributed by atoms with van der Waals surface area (Å²) in [4.78, 5) is 2.54. The van der Waals surface area contributed by atoms with Gasteiger partial charge in [-0.25, -0.2) is 0 Å². The quantitative estimate of drug-likeness (QED) is 0.699. The van der Waals surface area contributed by atoms with Gasteiger partial charge in [0.25, 0.3) is 0 Å². The molecule has 2 saturated heterocycles. The van der Waals surface area contributed by atoms with Gasteiger partial charge in [0.2, 0.25) is 0 Å². The predicted molar refractivity (Wildman–Crippen MR) is 67.9 cm³/mol. The Kier molecular flexibility index (Phi) is 4.10. The number of hydrogen-bond donors (Lipinski definition) is 0. The molecule has 0 amide bonds. The van der Waals surface area contributed by atoms with Crippen LogP contribution in [-0.4, -0.2) is 55.2 Å². The van der Waals surface area contributed by atoms with Gasteiger partial charge in [0.1, 0.15) is 0 Å². The average Bonchev–Trinajstić information content (AvgIpc) is 2.31. The van der Waals surface area contributed by atoms with Crippen molar-refractivity contribution in [2.24, 2.45) is 0 Å². The van der Waals surface area contributed by atoms with Crippen LogP contribution in [0.3, 0.4) is 0 Å². The van der Waals surface area contributed by atoms with Crippen LogP contribution in [0, 0.1) is 0 Å². The Bertz CT molecular complexity index is 262. The van der Waals surface area contributed by atoms with E-state index in [0.717, 1.165) is 51.5 Å². The summed E-state index contributed by atoms with van der Waals surface area (Å²) in [5, 5.41) is 0. The van der Waals surface area contributed by atoms with Crippen LogP contribution in [0.25, 0.3) is 0 Å². The monoisotopic (exact) mass is 245 g/mol. The normalized spacial score (nSPS) is 28.4. The second kappa shape index (κ2) is 5.20. The average molecular weight is 245 g/mol. The van der Waals surface area contributed by atoms with Crippen molar-refractivity contribution in [2.45, 2.75) is 38.4 Å². The summed E-state index contributed by atoms with van der Waals surface area (Å²) in [5.74, 6) is 0. The molecular formula is C12H24NO2P. The molecule has 94 valence electrons. The van der Waals surface area contributed by atoms with Gasteiger partial charge in [0, 0.05) is 50.3 Å². The van der Waals surface area contributed by atoms with Crippen molar-refractivity contribution in [3.63, 3.8) is 0 Å². The van der Waals surface area contributed by atoms with Crippen molar-refractivity contribution in [3.8, 4) is 0 Å². The van der Waals surface area contributed by atoms with E-state index in [2.05, 4.69) is 18.7 Å². The van der Waals surface area contributed by atoms with Crippen molar-refractivity contribution in [1.29, 1.82) is 0 Å². The molecule has 0 saturated carbocycles. The summed E-state index contributed by atoms with van der Waals surface area (Å²) >= 11 is 0. The molecule has 0 aliphatic carbocycles. The third kappa shape index (κ3) is 2.69. The zero-order valence-corrected chi connectivity index (χ0v) is 11.4. The summed E-state index contributed by atoms with van der Waals surface area (Å²) in [6, 6.07) is 0.690. The summed E-state index contributed by atoms with van der Waals surface area (Å²) in [6.45, 7) is 8.13. The topological polar surface area (TPSA) is 29.5 Å². The molecule has 0 aromatic rings. The number of ether oxygens (including phenoxy) is 1. The Morgan fingerprint density at radius 2 is 1.75 bits per heavy atom. The van der Waals surface area contributed by atoms with Crippen molar-refractivity contribution in [2.75, 3.05) is 38.6 Å². The Balaban J connectivity index is 1.87. The molecule has 0 radical (unpaired) electrons. The van der Waals surface area contributed by atoms with Crippen LogP contribution in [0.15, 0.2) is 0 Å². The number of nitrogens with zero attached hydrogens (tertiary/aromatic N) is 1. The molecule has 2 heterocycles. The van der Waals surface area contributed by atoms with Crippen LogP contribution in [0.5, 0.6) is 0 Å². The molecule has 2 aliphatic heterocycles. The fourth-order valence-electron chi connectivity index (χ4n) is 2.75. The molecule has 0 N–H and O–H groups in total. The molecule has 2 rings (SSSR count). The van der Waals surface area contributed by atoms with E-state index in [4.69, 9.17) is 4.74 Å². The molecule has 2 aliphatic rings. The van der Waals surface area contributed by atoms with Gasteiger partial charge in [0.05, 0.1) is 7.14 Å². The third-order valence-electron chi connectivity index (χ3n) is 4.18. The van der Waals surface area contributed by atoms with Crippen molar-refractivity contribution in [3.05, 3.63) is 0 Å². The first-order valence-corrected chi connectivity index (χ1v) is 8.66. The minimum Gasteiger partial charge on any atom is -0.381 e. The van der Waals surface area contributed by atoms with E-state index in [-0.39, 0.29) is 0 Å². The molecule has 3 nitrogen and oxygen atoms in total. The van der Waals surface area contributed by atoms with E-state index < -0.39 is 7.14 Å². The summed E-state index contributed by atoms with van der Waals surface area (Å²) in [6.07, 6.45) is 4.18. The Labute approximate surface area is 98.9 Å². The molecular weight excluding hydrogens is 221 g/mol. The van der Waals surface area contributed by atoms with Crippen LogP contribution in [-0.2, 0) is 9.30 Å². The minimum atomic E-state index is -1.85. The Morgan fingerprint density at radius 1 is 1.19 bits per heavy atom. The lowest BCUT2D eigenvalue weighted by Crippen LogP contribution is -2.45. The molecule has 0 aromatic heterocycles. The Hall–Kier alpha value is 0.150. The zero-order valence-electron chi connectivity index (χ0n) is 10.5. The third-order valence-corrected chi connectivity index (χ3v) is 7.98. The number of hydrogen-bond acceptors (Lipinski definition) is 3. The van der Waals surface area contributed by atoms with Crippen LogP contribution >= 0.6 is 7.14 Å². The van der Waals surface area contributed by atoms with E-state index >= 15 is 0 Å².